The van der Waals surface area contributed by atoms with Crippen LogP contribution in [0.3, 0.4) is 0 Å². The van der Waals surface area contributed by atoms with Crippen molar-refractivity contribution in [1.29, 1.82) is 0 Å². The van der Waals surface area contributed by atoms with Crippen molar-refractivity contribution in [2.45, 2.75) is 65.6 Å². The second kappa shape index (κ2) is 8.84. The van der Waals surface area contributed by atoms with E-state index < -0.39 is 12.2 Å². The number of carbonyl (C=O) groups excluding carboxylic acids is 2. The first-order chi connectivity index (χ1) is 8.07. The maximum Gasteiger partial charge on any atom is 0.440 e. The second-order valence-electron chi connectivity index (χ2n) is 3.76. The summed E-state index contributed by atoms with van der Waals surface area (Å²) in [4.78, 5) is 22.5. The first-order valence-electron chi connectivity index (χ1n) is 6.20. The van der Waals surface area contributed by atoms with E-state index in [9.17, 15) is 9.59 Å². The molecule has 0 rings (SSSR count). The number of hydrogen-bond acceptors (Lipinski definition) is 4. The Hall–Kier alpha value is -1.26. The van der Waals surface area contributed by atoms with E-state index in [1.165, 1.54) is 0 Å². The lowest BCUT2D eigenvalue weighted by atomic mass is 10.2. The van der Waals surface area contributed by atoms with Gasteiger partial charge in [0.2, 0.25) is 0 Å². The third-order valence-electron chi connectivity index (χ3n) is 2.54. The number of ether oxygens (including phenoxy) is 2. The molecule has 5 heteroatoms. The van der Waals surface area contributed by atoms with Gasteiger partial charge in [-0.1, -0.05) is 33.0 Å². The zero-order valence-electron chi connectivity index (χ0n) is 11.1. The minimum absolute atomic E-state index is 0.188. The van der Waals surface area contributed by atoms with Gasteiger partial charge in [-0.3, -0.25) is 0 Å². The van der Waals surface area contributed by atoms with Crippen LogP contribution in [0, 0.1) is 0 Å². The van der Waals surface area contributed by atoms with Gasteiger partial charge in [0.15, 0.2) is 0 Å². The summed E-state index contributed by atoms with van der Waals surface area (Å²) in [5.74, 6) is 0. The molecule has 0 aromatic heterocycles. The van der Waals surface area contributed by atoms with Crippen molar-refractivity contribution >= 4 is 12.2 Å². The Morgan fingerprint density at radius 1 is 0.824 bits per heavy atom. The molecule has 0 atom stereocenters. The predicted octanol–water partition coefficient (Wildman–Crippen LogP) is 3.24. The highest BCUT2D eigenvalue weighted by Gasteiger charge is 2.19. The first kappa shape index (κ1) is 15.7. The smallest absolute Gasteiger partial charge is 0.440 e. The molecule has 0 aromatic rings. The summed E-state index contributed by atoms with van der Waals surface area (Å²) in [6, 6.07) is 0. The third-order valence-corrected chi connectivity index (χ3v) is 2.54. The van der Waals surface area contributed by atoms with Crippen molar-refractivity contribution in [3.8, 4) is 0 Å². The van der Waals surface area contributed by atoms with E-state index in [-0.39, 0.29) is 12.2 Å². The molecule has 0 saturated heterocycles. The lowest BCUT2D eigenvalue weighted by Gasteiger charge is -2.15. The van der Waals surface area contributed by atoms with Crippen molar-refractivity contribution in [2.75, 3.05) is 0 Å². The van der Waals surface area contributed by atoms with E-state index in [1.54, 1.807) is 0 Å². The molecule has 0 spiro atoms. The monoisotopic (exact) mass is 244 g/mol. The summed E-state index contributed by atoms with van der Waals surface area (Å²) >= 11 is 0. The first-order valence-corrected chi connectivity index (χ1v) is 6.20. The van der Waals surface area contributed by atoms with E-state index in [4.69, 9.17) is 9.47 Å². The highest BCUT2D eigenvalue weighted by Crippen LogP contribution is 2.05. The molecule has 0 fully saturated rings. The minimum atomic E-state index is -0.866. The number of rotatable bonds is 6. The molecule has 17 heavy (non-hydrogen) atoms. The molecule has 5 nitrogen and oxygen atoms in total. The van der Waals surface area contributed by atoms with Gasteiger partial charge in [-0.05, 0) is 25.7 Å². The van der Waals surface area contributed by atoms with Crippen LogP contribution in [0.4, 0.5) is 9.59 Å². The van der Waals surface area contributed by atoms with Crippen LogP contribution < -0.4 is 5.32 Å². The summed E-state index contributed by atoms with van der Waals surface area (Å²) < 4.78 is 9.92. The zero-order valence-corrected chi connectivity index (χ0v) is 11.1. The van der Waals surface area contributed by atoms with E-state index in [1.807, 2.05) is 27.7 Å². The molecule has 0 N–H and O–H groups in total. The van der Waals surface area contributed by atoms with Crippen LogP contribution >= 0.6 is 0 Å². The van der Waals surface area contributed by atoms with Gasteiger partial charge in [-0.15, -0.1) is 0 Å². The van der Waals surface area contributed by atoms with Crippen LogP contribution in [-0.4, -0.2) is 24.4 Å². The van der Waals surface area contributed by atoms with Crippen molar-refractivity contribution in [3.05, 3.63) is 0 Å². The van der Waals surface area contributed by atoms with E-state index in [0.717, 1.165) is 0 Å². The highest BCUT2D eigenvalue weighted by molar-refractivity contribution is 5.87. The fraction of sp³-hybridized carbons (Fsp3) is 0.833. The van der Waals surface area contributed by atoms with Crippen LogP contribution in [-0.2, 0) is 9.47 Å². The van der Waals surface area contributed by atoms with E-state index in [0.29, 0.717) is 25.7 Å². The van der Waals surface area contributed by atoms with Crippen molar-refractivity contribution in [3.63, 3.8) is 0 Å². The maximum absolute atomic E-state index is 11.3. The molecular weight excluding hydrogens is 222 g/mol. The fourth-order valence-electron chi connectivity index (χ4n) is 1.32. The number of hydrogen-bond donors (Lipinski definition) is 0. The third kappa shape index (κ3) is 6.81. The summed E-state index contributed by atoms with van der Waals surface area (Å²) in [5.41, 5.74) is 0. The van der Waals surface area contributed by atoms with E-state index in [2.05, 4.69) is 5.32 Å². The zero-order chi connectivity index (χ0) is 13.3. The van der Waals surface area contributed by atoms with Crippen molar-refractivity contribution < 1.29 is 19.1 Å². The SMILES string of the molecule is CCC(CC)OC(=O)[N]C(=O)OC(CC)CC. The van der Waals surface area contributed by atoms with Crippen LogP contribution in [0.1, 0.15) is 53.4 Å². The van der Waals surface area contributed by atoms with Gasteiger partial charge >= 0.3 is 12.2 Å². The van der Waals surface area contributed by atoms with Gasteiger partial charge in [0.25, 0.3) is 0 Å². The summed E-state index contributed by atoms with van der Waals surface area (Å²) in [5, 5.41) is 3.23. The normalized spacial score (nSPS) is 10.5. The molecule has 0 bridgehead atoms. The average Bonchev–Trinajstić information content (AvgIpc) is 2.32. The van der Waals surface area contributed by atoms with Gasteiger partial charge in [0.05, 0.1) is 0 Å². The largest absolute Gasteiger partial charge is 0.444 e. The lowest BCUT2D eigenvalue weighted by Crippen LogP contribution is -2.30. The second-order valence-corrected chi connectivity index (χ2v) is 3.76. The van der Waals surface area contributed by atoms with Gasteiger partial charge in [-0.25, -0.2) is 9.59 Å². The Morgan fingerprint density at radius 3 is 1.35 bits per heavy atom. The van der Waals surface area contributed by atoms with Gasteiger partial charge in [-0.2, -0.15) is 0 Å². The Labute approximate surface area is 103 Å². The van der Waals surface area contributed by atoms with Crippen molar-refractivity contribution in [1.82, 2.24) is 5.32 Å². The molecule has 99 valence electrons. The summed E-state index contributed by atoms with van der Waals surface area (Å²) in [6.07, 6.45) is 0.723. The molecule has 2 amide bonds. The Morgan fingerprint density at radius 2 is 1.12 bits per heavy atom. The van der Waals surface area contributed by atoms with Gasteiger partial charge in [0.1, 0.15) is 12.2 Å². The molecule has 0 aromatic carbocycles. The number of carbonyl (C=O) groups is 2. The molecule has 0 aliphatic heterocycles. The summed E-state index contributed by atoms with van der Waals surface area (Å²) in [6.45, 7) is 7.63. The quantitative estimate of drug-likeness (QED) is 0.719. The predicted molar refractivity (Wildman–Crippen MR) is 63.8 cm³/mol. The van der Waals surface area contributed by atoms with E-state index >= 15 is 0 Å². The minimum Gasteiger partial charge on any atom is -0.444 e. The molecular formula is C12H22NO4. The van der Waals surface area contributed by atoms with Crippen LogP contribution in [0.25, 0.3) is 0 Å². The summed E-state index contributed by atoms with van der Waals surface area (Å²) in [7, 11) is 0. The molecule has 0 heterocycles. The topological polar surface area (TPSA) is 66.7 Å². The van der Waals surface area contributed by atoms with Crippen molar-refractivity contribution in [2.24, 2.45) is 0 Å². The Kier molecular flexibility index (Phi) is 8.19. The van der Waals surface area contributed by atoms with Gasteiger partial charge in [0, 0.05) is 0 Å². The Balaban J connectivity index is 3.99. The van der Waals surface area contributed by atoms with Crippen LogP contribution in [0.2, 0.25) is 0 Å². The number of nitrogens with zero attached hydrogens (tertiary/aromatic N) is 1. The van der Waals surface area contributed by atoms with Gasteiger partial charge < -0.3 is 9.47 Å². The number of amides is 2. The number of imide groups is 1. The van der Waals surface area contributed by atoms with Crippen LogP contribution in [0.5, 0.6) is 0 Å². The Bertz CT molecular complexity index is 211. The highest BCUT2D eigenvalue weighted by atomic mass is 16.6. The molecule has 0 unspecified atom stereocenters. The average molecular weight is 244 g/mol. The molecule has 0 saturated carbocycles. The fourth-order valence-corrected chi connectivity index (χ4v) is 1.32. The molecule has 0 aliphatic rings. The lowest BCUT2D eigenvalue weighted by molar-refractivity contribution is 0.0722. The maximum atomic E-state index is 11.3. The molecule has 0 aliphatic carbocycles. The standard InChI is InChI=1S/C12H22NO4/c1-5-9(6-2)16-11(14)13-12(15)17-10(7-3)8-4/h9-10H,5-8H2,1-4H3. The van der Waals surface area contributed by atoms with Crippen LogP contribution in [0.15, 0.2) is 0 Å². The molecule has 1 radical (unpaired) electrons.